The lowest BCUT2D eigenvalue weighted by molar-refractivity contribution is 1.44. The van der Waals surface area contributed by atoms with E-state index < -0.39 is 0 Å². The van der Waals surface area contributed by atoms with Gasteiger partial charge >= 0.3 is 0 Å². The minimum absolute atomic E-state index is 0.522. The highest BCUT2D eigenvalue weighted by molar-refractivity contribution is 8.04. The number of rotatable bonds is 4. The third-order valence-corrected chi connectivity index (χ3v) is 6.37. The molecular formula is C24H18N2S2. The Morgan fingerprint density at radius 1 is 0.500 bits per heavy atom. The van der Waals surface area contributed by atoms with Crippen LogP contribution < -0.4 is 0 Å². The van der Waals surface area contributed by atoms with Crippen LogP contribution in [-0.4, -0.2) is 11.4 Å². The van der Waals surface area contributed by atoms with Crippen LogP contribution in [0, 0.1) is 10.8 Å². The summed E-state index contributed by atoms with van der Waals surface area (Å²) in [5.74, 6) is 0. The predicted octanol–water partition coefficient (Wildman–Crippen LogP) is 6.81. The molecule has 4 rings (SSSR count). The van der Waals surface area contributed by atoms with E-state index in [0.29, 0.717) is 11.4 Å². The van der Waals surface area contributed by atoms with E-state index in [9.17, 15) is 0 Å². The zero-order chi connectivity index (χ0) is 19.3. The molecule has 136 valence electrons. The number of thioether (sulfide) groups is 2. The maximum atomic E-state index is 8.25. The van der Waals surface area contributed by atoms with Gasteiger partial charge in [0.1, 0.15) is 0 Å². The molecule has 0 spiro atoms. The standard InChI is InChI=1S/C24H18N2S2/c25-21-13-11-17(15-23(21)27-19-7-3-1-4-8-19)18-12-14-22(26)24(16-18)28-20-9-5-2-6-10-20/h1-16,25-26H/b18-17-,25-21?,26-22?. The molecule has 0 saturated carbocycles. The van der Waals surface area contributed by atoms with Crippen molar-refractivity contribution in [3.8, 4) is 0 Å². The molecule has 0 fully saturated rings. The van der Waals surface area contributed by atoms with Crippen LogP contribution in [0.4, 0.5) is 0 Å². The summed E-state index contributed by atoms with van der Waals surface area (Å²) in [5.41, 5.74) is 3.16. The summed E-state index contributed by atoms with van der Waals surface area (Å²) in [6.07, 6.45) is 11.8. The van der Waals surface area contributed by atoms with Gasteiger partial charge in [-0.2, -0.15) is 0 Å². The molecule has 28 heavy (non-hydrogen) atoms. The van der Waals surface area contributed by atoms with E-state index >= 15 is 0 Å². The largest absolute Gasteiger partial charge is 0.300 e. The van der Waals surface area contributed by atoms with Crippen molar-refractivity contribution >= 4 is 34.9 Å². The molecule has 0 bridgehead atoms. The summed E-state index contributed by atoms with van der Waals surface area (Å²) < 4.78 is 0. The first kappa shape index (κ1) is 18.5. The van der Waals surface area contributed by atoms with Gasteiger partial charge in [-0.3, -0.25) is 10.8 Å². The molecule has 2 aliphatic rings. The minimum Gasteiger partial charge on any atom is -0.300 e. The molecule has 2 N–H and O–H groups in total. The molecule has 0 aliphatic heterocycles. The predicted molar refractivity (Wildman–Crippen MR) is 122 cm³/mol. The van der Waals surface area contributed by atoms with Gasteiger partial charge in [0, 0.05) is 19.6 Å². The summed E-state index contributed by atoms with van der Waals surface area (Å²) in [5, 5.41) is 16.5. The van der Waals surface area contributed by atoms with Crippen LogP contribution in [0.2, 0.25) is 0 Å². The van der Waals surface area contributed by atoms with Gasteiger partial charge < -0.3 is 0 Å². The smallest absolute Gasteiger partial charge is 0.0679 e. The number of hydrogen-bond donors (Lipinski definition) is 2. The average Bonchev–Trinajstić information content (AvgIpc) is 2.73. The molecule has 2 nitrogen and oxygen atoms in total. The lowest BCUT2D eigenvalue weighted by atomic mass is 9.98. The SMILES string of the molecule is N=C1C=C/C(=C2\C=CC(=N)C(Sc3ccccc3)=C2)C=C1Sc1ccccc1. The quantitative estimate of drug-likeness (QED) is 0.594. The molecule has 0 amide bonds. The lowest BCUT2D eigenvalue weighted by Gasteiger charge is -2.16. The van der Waals surface area contributed by atoms with Crippen molar-refractivity contribution < 1.29 is 0 Å². The van der Waals surface area contributed by atoms with Crippen molar-refractivity contribution in [3.05, 3.63) is 118 Å². The van der Waals surface area contributed by atoms with Crippen molar-refractivity contribution in [2.75, 3.05) is 0 Å². The monoisotopic (exact) mass is 398 g/mol. The average molecular weight is 399 g/mol. The first-order chi connectivity index (χ1) is 13.7. The number of nitrogens with one attached hydrogen (secondary N) is 2. The third kappa shape index (κ3) is 4.35. The molecule has 0 radical (unpaired) electrons. The van der Waals surface area contributed by atoms with Crippen LogP contribution in [0.3, 0.4) is 0 Å². The second-order valence-electron chi connectivity index (χ2n) is 6.25. The second-order valence-corrected chi connectivity index (χ2v) is 8.48. The van der Waals surface area contributed by atoms with Crippen molar-refractivity contribution in [1.82, 2.24) is 0 Å². The summed E-state index contributed by atoms with van der Waals surface area (Å²) in [4.78, 5) is 4.09. The minimum atomic E-state index is 0.522. The van der Waals surface area contributed by atoms with E-state index in [1.807, 2.05) is 60.7 Å². The van der Waals surface area contributed by atoms with Gasteiger partial charge in [0.25, 0.3) is 0 Å². The lowest BCUT2D eigenvalue weighted by Crippen LogP contribution is -2.04. The Morgan fingerprint density at radius 2 is 0.893 bits per heavy atom. The maximum Gasteiger partial charge on any atom is 0.0679 e. The highest BCUT2D eigenvalue weighted by Gasteiger charge is 2.15. The van der Waals surface area contributed by atoms with E-state index in [1.165, 1.54) is 0 Å². The van der Waals surface area contributed by atoms with Gasteiger partial charge in [-0.05, 0) is 59.7 Å². The summed E-state index contributed by atoms with van der Waals surface area (Å²) in [6.45, 7) is 0. The van der Waals surface area contributed by atoms with Crippen LogP contribution in [0.5, 0.6) is 0 Å². The third-order valence-electron chi connectivity index (χ3n) is 4.24. The highest BCUT2D eigenvalue weighted by atomic mass is 32.2. The maximum absolute atomic E-state index is 8.25. The molecule has 2 aromatic rings. The molecule has 0 heterocycles. The number of hydrogen-bond acceptors (Lipinski definition) is 4. The van der Waals surface area contributed by atoms with E-state index in [4.69, 9.17) is 10.8 Å². The van der Waals surface area contributed by atoms with Crippen molar-refractivity contribution in [1.29, 1.82) is 10.8 Å². The summed E-state index contributed by atoms with van der Waals surface area (Å²) in [7, 11) is 0. The van der Waals surface area contributed by atoms with Gasteiger partial charge in [0.15, 0.2) is 0 Å². The normalized spacial score (nSPS) is 18.9. The highest BCUT2D eigenvalue weighted by Crippen LogP contribution is 2.35. The van der Waals surface area contributed by atoms with Gasteiger partial charge in [-0.1, -0.05) is 72.1 Å². The molecular weight excluding hydrogens is 380 g/mol. The summed E-state index contributed by atoms with van der Waals surface area (Å²) >= 11 is 3.21. The van der Waals surface area contributed by atoms with Gasteiger partial charge in [0.2, 0.25) is 0 Å². The van der Waals surface area contributed by atoms with Crippen LogP contribution >= 0.6 is 23.5 Å². The molecule has 2 aliphatic carbocycles. The number of benzene rings is 2. The Morgan fingerprint density at radius 3 is 1.29 bits per heavy atom. The Hall–Kier alpha value is -2.82. The van der Waals surface area contributed by atoms with Gasteiger partial charge in [-0.25, -0.2) is 0 Å². The van der Waals surface area contributed by atoms with Crippen LogP contribution in [-0.2, 0) is 0 Å². The zero-order valence-corrected chi connectivity index (χ0v) is 16.7. The Kier molecular flexibility index (Phi) is 5.60. The van der Waals surface area contributed by atoms with E-state index in [0.717, 1.165) is 30.7 Å². The molecule has 0 aromatic heterocycles. The van der Waals surface area contributed by atoms with Crippen LogP contribution in [0.1, 0.15) is 0 Å². The molecule has 4 heteroatoms. The van der Waals surface area contributed by atoms with E-state index in [1.54, 1.807) is 23.5 Å². The van der Waals surface area contributed by atoms with Crippen LogP contribution in [0.25, 0.3) is 0 Å². The zero-order valence-electron chi connectivity index (χ0n) is 15.1. The first-order valence-electron chi connectivity index (χ1n) is 8.86. The second kappa shape index (κ2) is 8.46. The molecule has 0 atom stereocenters. The summed E-state index contributed by atoms with van der Waals surface area (Å²) in [6, 6.07) is 20.3. The number of allylic oxidation sites excluding steroid dienone is 10. The van der Waals surface area contributed by atoms with Crippen molar-refractivity contribution in [3.63, 3.8) is 0 Å². The Labute approximate surface area is 173 Å². The van der Waals surface area contributed by atoms with E-state index in [-0.39, 0.29) is 0 Å². The van der Waals surface area contributed by atoms with E-state index in [2.05, 4.69) is 36.4 Å². The first-order valence-corrected chi connectivity index (χ1v) is 10.5. The topological polar surface area (TPSA) is 47.7 Å². The van der Waals surface area contributed by atoms with Gasteiger partial charge in [-0.15, -0.1) is 0 Å². The van der Waals surface area contributed by atoms with Crippen LogP contribution in [0.15, 0.2) is 128 Å². The fourth-order valence-corrected chi connectivity index (χ4v) is 4.63. The molecule has 0 unspecified atom stereocenters. The molecule has 2 aromatic carbocycles. The Balaban J connectivity index is 1.64. The molecule has 0 saturated heterocycles. The fourth-order valence-electron chi connectivity index (χ4n) is 2.80. The van der Waals surface area contributed by atoms with Gasteiger partial charge in [0.05, 0.1) is 11.4 Å². The fraction of sp³-hybridized carbons (Fsp3) is 0. The van der Waals surface area contributed by atoms with Crippen molar-refractivity contribution in [2.45, 2.75) is 9.79 Å². The van der Waals surface area contributed by atoms with Crippen molar-refractivity contribution in [2.24, 2.45) is 0 Å². The Bertz CT molecular complexity index is 985.